The van der Waals surface area contributed by atoms with Crippen molar-refractivity contribution in [3.05, 3.63) is 72.0 Å². The first kappa shape index (κ1) is 41.1. The van der Waals surface area contributed by atoms with Crippen LogP contribution in [0.5, 0.6) is 5.75 Å². The molecule has 0 spiro atoms. The highest BCUT2D eigenvalue weighted by atomic mass is 79.9. The molecule has 1 heterocycles. The number of aromatic nitrogens is 3. The minimum Gasteiger partial charge on any atom is -0.505 e. The maximum Gasteiger partial charge on any atom is 0.296 e. The summed E-state index contributed by atoms with van der Waals surface area (Å²) in [5.41, 5.74) is -1.28. The highest BCUT2D eigenvalue weighted by molar-refractivity contribution is 9.12. The fourth-order valence-electron chi connectivity index (χ4n) is 4.79. The van der Waals surface area contributed by atoms with E-state index in [1.807, 2.05) is 0 Å². The third kappa shape index (κ3) is 9.39. The largest absolute Gasteiger partial charge is 0.505 e. The molecule has 0 aliphatic carbocycles. The lowest BCUT2D eigenvalue weighted by atomic mass is 10.1. The molecule has 0 amide bonds. The van der Waals surface area contributed by atoms with Gasteiger partial charge in [-0.05, 0) is 65.5 Å². The maximum atomic E-state index is 12.6. The molecule has 7 N–H and O–H groups in total. The van der Waals surface area contributed by atoms with Crippen molar-refractivity contribution in [3.63, 3.8) is 0 Å². The van der Waals surface area contributed by atoms with Crippen molar-refractivity contribution in [1.29, 1.82) is 0 Å². The van der Waals surface area contributed by atoms with E-state index in [2.05, 4.69) is 67.7 Å². The summed E-state index contributed by atoms with van der Waals surface area (Å²) in [5.74, 6) is -1.38. The molecular formula is C29H25Br2ClN8O11S3. The summed E-state index contributed by atoms with van der Waals surface area (Å²) in [6.07, 6.45) is -1.23. The second-order valence-electron chi connectivity index (χ2n) is 11.0. The molecule has 286 valence electrons. The van der Waals surface area contributed by atoms with Crippen LogP contribution in [0.3, 0.4) is 0 Å². The van der Waals surface area contributed by atoms with Gasteiger partial charge in [0.1, 0.15) is 27.4 Å². The monoisotopic (exact) mass is 950 g/mol. The highest BCUT2D eigenvalue weighted by Crippen LogP contribution is 2.46. The number of para-hydroxylation sites is 1. The lowest BCUT2D eigenvalue weighted by Gasteiger charge is -2.18. The molecule has 19 nitrogen and oxygen atoms in total. The number of fused-ring (bicyclic) bond motifs is 1. The van der Waals surface area contributed by atoms with Gasteiger partial charge in [-0.25, -0.2) is 0 Å². The second-order valence-corrected chi connectivity index (χ2v) is 17.3. The summed E-state index contributed by atoms with van der Waals surface area (Å²) in [4.78, 5) is 10.6. The van der Waals surface area contributed by atoms with Crippen LogP contribution in [0.2, 0.25) is 5.28 Å². The van der Waals surface area contributed by atoms with Crippen molar-refractivity contribution in [2.45, 2.75) is 25.7 Å². The number of hydrogen-bond donors (Lipinski definition) is 7. The number of halogens is 3. The Balaban J connectivity index is 1.72. The predicted molar refractivity (Wildman–Crippen MR) is 204 cm³/mol. The fourth-order valence-corrected chi connectivity index (χ4v) is 7.23. The third-order valence-corrected chi connectivity index (χ3v) is 12.4. The smallest absolute Gasteiger partial charge is 0.296 e. The van der Waals surface area contributed by atoms with Crippen LogP contribution >= 0.6 is 43.5 Å². The molecule has 0 aliphatic heterocycles. The van der Waals surface area contributed by atoms with E-state index in [-0.39, 0.29) is 33.9 Å². The first-order valence-corrected chi connectivity index (χ1v) is 21.3. The van der Waals surface area contributed by atoms with Crippen LogP contribution in [-0.2, 0) is 30.4 Å². The summed E-state index contributed by atoms with van der Waals surface area (Å²) >= 11 is 12.6. The number of aliphatic hydroxyl groups excluding tert-OH is 1. The van der Waals surface area contributed by atoms with Crippen LogP contribution in [0.1, 0.15) is 0 Å². The number of nitrogens with zero attached hydrogens (tertiary/aromatic N) is 6. The molecule has 1 aromatic heterocycles. The number of nitrogens with one attached hydrogen (secondary N) is 2. The van der Waals surface area contributed by atoms with Crippen molar-refractivity contribution < 1.29 is 49.1 Å². The number of aliphatic hydroxyl groups is 1. The minimum atomic E-state index is -5.32. The van der Waals surface area contributed by atoms with E-state index in [9.17, 15) is 49.1 Å². The Morgan fingerprint density at radius 2 is 1.54 bits per heavy atom. The molecular weight excluding hydrogens is 928 g/mol. The minimum absolute atomic E-state index is 0.00374. The van der Waals surface area contributed by atoms with Crippen LogP contribution in [0.15, 0.2) is 91.6 Å². The molecule has 5 rings (SSSR count). The first-order chi connectivity index (χ1) is 25.2. The fraction of sp³-hybridized carbons (Fsp3) is 0.138. The average molecular weight is 953 g/mol. The van der Waals surface area contributed by atoms with Crippen molar-refractivity contribution >= 4 is 125 Å². The van der Waals surface area contributed by atoms with E-state index in [4.69, 9.17) is 11.6 Å². The Hall–Kier alpha value is -4.11. The van der Waals surface area contributed by atoms with Gasteiger partial charge in [0.05, 0.1) is 15.4 Å². The van der Waals surface area contributed by atoms with Gasteiger partial charge in [-0.15, -0.1) is 10.2 Å². The molecule has 4 aromatic carbocycles. The van der Waals surface area contributed by atoms with Crippen molar-refractivity contribution in [3.8, 4) is 5.75 Å². The second kappa shape index (κ2) is 15.9. The molecule has 2 unspecified atom stereocenters. The van der Waals surface area contributed by atoms with E-state index in [1.165, 1.54) is 11.0 Å². The van der Waals surface area contributed by atoms with Crippen LogP contribution in [0.25, 0.3) is 10.8 Å². The van der Waals surface area contributed by atoms with Gasteiger partial charge < -0.3 is 25.7 Å². The summed E-state index contributed by atoms with van der Waals surface area (Å²) < 4.78 is 104. The number of alkyl halides is 2. The number of benzene rings is 4. The van der Waals surface area contributed by atoms with E-state index in [0.29, 0.717) is 17.1 Å². The van der Waals surface area contributed by atoms with Gasteiger partial charge in [-0.3, -0.25) is 13.7 Å². The SMILES string of the molecule is CN(c1ccccc1)c1nc(Cl)nc(Nc2cc(S(=O)(=O)O)cc3cc(S(=O)(=O)O)c(N=Nc4cc(NC(O)C(Br)CBr)ccc4S(=O)(=O)O)c(O)c23)n1. The molecule has 0 fully saturated rings. The zero-order valence-corrected chi connectivity index (χ0v) is 33.3. The van der Waals surface area contributed by atoms with E-state index >= 15 is 0 Å². The summed E-state index contributed by atoms with van der Waals surface area (Å²) in [7, 11) is -13.7. The molecule has 0 saturated carbocycles. The lowest BCUT2D eigenvalue weighted by molar-refractivity contribution is 0.208. The standard InChI is InChI=1S/C29H25Br2ClN8O11S3/c1-40(16-5-3-2-4-6-16)29-36-27(32)35-28(37-29)34-20-12-17(52(43,44)45)9-14-10-22(54(49,50)51)24(25(41)23(14)20)39-38-19-11-15(33-26(42)18(31)13-30)7-8-21(19)53(46,47)48/h2-12,18,26,33,41-42H,13H2,1H3,(H,43,44,45)(H,46,47,48)(H,49,50,51)(H,34,35,36,37). The van der Waals surface area contributed by atoms with Crippen LogP contribution in [0, 0.1) is 0 Å². The summed E-state index contributed by atoms with van der Waals surface area (Å²) in [6.45, 7) is 0. The predicted octanol–water partition coefficient (Wildman–Crippen LogP) is 5.94. The zero-order chi connectivity index (χ0) is 39.7. The molecule has 0 radical (unpaired) electrons. The van der Waals surface area contributed by atoms with Gasteiger partial charge >= 0.3 is 0 Å². The molecule has 54 heavy (non-hydrogen) atoms. The van der Waals surface area contributed by atoms with Gasteiger partial charge in [-0.1, -0.05) is 50.1 Å². The number of phenols is 1. The quantitative estimate of drug-likeness (QED) is 0.0311. The Bertz CT molecular complexity index is 2630. The number of rotatable bonds is 13. The van der Waals surface area contributed by atoms with Gasteiger partial charge in [0, 0.05) is 29.1 Å². The van der Waals surface area contributed by atoms with Gasteiger partial charge in [-0.2, -0.15) is 40.2 Å². The number of anilines is 5. The molecule has 0 aliphatic rings. The number of azo groups is 1. The molecule has 5 aromatic rings. The van der Waals surface area contributed by atoms with Crippen LogP contribution in [-0.4, -0.2) is 87.5 Å². The Morgan fingerprint density at radius 3 is 2.15 bits per heavy atom. The number of hydrogen-bond acceptors (Lipinski definition) is 16. The summed E-state index contributed by atoms with van der Waals surface area (Å²) in [5, 5.41) is 33.9. The highest BCUT2D eigenvalue weighted by Gasteiger charge is 2.27. The van der Waals surface area contributed by atoms with Gasteiger partial charge in [0.15, 0.2) is 5.75 Å². The van der Waals surface area contributed by atoms with E-state index in [1.54, 1.807) is 37.4 Å². The van der Waals surface area contributed by atoms with E-state index < -0.39 is 78.6 Å². The lowest BCUT2D eigenvalue weighted by Crippen LogP contribution is -2.30. The normalized spacial score (nSPS) is 13.6. The van der Waals surface area contributed by atoms with Crippen LogP contribution < -0.4 is 15.5 Å². The van der Waals surface area contributed by atoms with Crippen LogP contribution in [0.4, 0.5) is 40.3 Å². The number of phenolic OH excluding ortho intramolecular Hbond substituents is 1. The van der Waals surface area contributed by atoms with Crippen molar-refractivity contribution in [2.24, 2.45) is 10.2 Å². The van der Waals surface area contributed by atoms with Gasteiger partial charge in [0.25, 0.3) is 30.4 Å². The Morgan fingerprint density at radius 1 is 0.870 bits per heavy atom. The first-order valence-electron chi connectivity index (χ1n) is 14.6. The zero-order valence-electron chi connectivity index (χ0n) is 26.9. The van der Waals surface area contributed by atoms with Gasteiger partial charge in [0.2, 0.25) is 17.2 Å². The molecule has 0 bridgehead atoms. The molecule has 2 atom stereocenters. The molecule has 0 saturated heterocycles. The number of aromatic hydroxyl groups is 1. The Kier molecular flexibility index (Phi) is 12.1. The Labute approximate surface area is 328 Å². The van der Waals surface area contributed by atoms with Crippen molar-refractivity contribution in [2.75, 3.05) is 27.9 Å². The van der Waals surface area contributed by atoms with Crippen molar-refractivity contribution in [1.82, 2.24) is 15.0 Å². The molecule has 25 heteroatoms. The average Bonchev–Trinajstić information content (AvgIpc) is 3.09. The van der Waals surface area contributed by atoms with E-state index in [0.717, 1.165) is 24.3 Å². The summed E-state index contributed by atoms with van der Waals surface area (Å²) in [6, 6.07) is 14.2. The maximum absolute atomic E-state index is 12.6. The topological polar surface area (TPSA) is 294 Å². The third-order valence-electron chi connectivity index (χ3n) is 7.28.